The maximum absolute atomic E-state index is 13.8. The highest BCUT2D eigenvalue weighted by Crippen LogP contribution is 2.49. The number of alkyl halides is 3. The fraction of sp³-hybridized carbons (Fsp3) is 0.676. The van der Waals surface area contributed by atoms with Gasteiger partial charge in [-0.2, -0.15) is 13.2 Å². The number of carbonyl (C=O) groups is 1. The number of benzene rings is 1. The molecule has 2 aliphatic carbocycles. The van der Waals surface area contributed by atoms with Gasteiger partial charge in [-0.3, -0.25) is 0 Å². The topological polar surface area (TPSA) is 66.6 Å². The summed E-state index contributed by atoms with van der Waals surface area (Å²) >= 11 is 1.53. The molecule has 1 aromatic carbocycles. The van der Waals surface area contributed by atoms with Gasteiger partial charge in [-0.1, -0.05) is 64.4 Å². The van der Waals surface area contributed by atoms with Crippen LogP contribution in [0.3, 0.4) is 0 Å². The zero-order valence-corrected chi connectivity index (χ0v) is 26.4. The Kier molecular flexibility index (Phi) is 14.9. The maximum atomic E-state index is 13.8. The first-order chi connectivity index (χ1) is 20.6. The fourth-order valence-corrected chi connectivity index (χ4v) is 7.92. The van der Waals surface area contributed by atoms with Crippen LogP contribution in [0, 0.1) is 23.6 Å². The molecular formula is C34H50F4N2O2S. The van der Waals surface area contributed by atoms with Gasteiger partial charge < -0.3 is 15.7 Å². The molecule has 242 valence electrons. The summed E-state index contributed by atoms with van der Waals surface area (Å²) in [5.74, 6) is 0.600. The van der Waals surface area contributed by atoms with Crippen LogP contribution in [0.4, 0.5) is 17.6 Å². The molecule has 1 heterocycles. The van der Waals surface area contributed by atoms with Crippen LogP contribution in [-0.4, -0.2) is 40.2 Å². The van der Waals surface area contributed by atoms with Crippen molar-refractivity contribution in [3.63, 3.8) is 0 Å². The number of nitrogens with two attached hydrogens (primary N) is 1. The van der Waals surface area contributed by atoms with Gasteiger partial charge in [-0.25, -0.2) is 9.18 Å². The second-order valence-corrected chi connectivity index (χ2v) is 13.5. The van der Waals surface area contributed by atoms with Gasteiger partial charge in [0.1, 0.15) is 11.2 Å². The predicted molar refractivity (Wildman–Crippen MR) is 168 cm³/mol. The zero-order chi connectivity index (χ0) is 31.2. The number of nitrogens with zero attached hydrogens (tertiary/aromatic N) is 1. The zero-order valence-electron chi connectivity index (χ0n) is 25.6. The van der Waals surface area contributed by atoms with Crippen molar-refractivity contribution in [2.45, 2.75) is 108 Å². The van der Waals surface area contributed by atoms with E-state index in [1.165, 1.54) is 94.9 Å². The Balaban J connectivity index is 0.000000393. The van der Waals surface area contributed by atoms with E-state index in [9.17, 15) is 27.5 Å². The molecule has 4 nitrogen and oxygen atoms in total. The Morgan fingerprint density at radius 1 is 1.05 bits per heavy atom. The Bertz CT molecular complexity index is 1050. The molecule has 2 saturated carbocycles. The van der Waals surface area contributed by atoms with E-state index in [4.69, 9.17) is 5.73 Å². The van der Waals surface area contributed by atoms with Crippen LogP contribution in [0.2, 0.25) is 0 Å². The van der Waals surface area contributed by atoms with Crippen LogP contribution in [-0.2, 0) is 17.4 Å². The van der Waals surface area contributed by atoms with Gasteiger partial charge in [0.2, 0.25) is 0 Å². The summed E-state index contributed by atoms with van der Waals surface area (Å²) in [6.07, 6.45) is 17.8. The molecule has 2 bridgehead atoms. The standard InChI is InChI=1S/C24H27F4NO2S.C10H23N/c25-21-13-15(6-8-20(21)24(26,27)28)3-2-10-32-22-19(23(30)31)4-1-9-29(22)14-18-12-16-5-7-17(18)11-16;1-2-3-4-5-6-7-8-9-10-11/h1,4,6,8-9,13,16-18,22H,2-3,5,7,10-12,14H2,(H,30,31);2-11H2,1H3. The minimum absolute atomic E-state index is 0.291. The second kappa shape index (κ2) is 18.1. The first-order valence-corrected chi connectivity index (χ1v) is 17.2. The van der Waals surface area contributed by atoms with Crippen LogP contribution in [0.5, 0.6) is 0 Å². The Morgan fingerprint density at radius 3 is 2.35 bits per heavy atom. The molecule has 1 aliphatic heterocycles. The number of carboxylic acid groups (broad SMARTS) is 1. The molecule has 0 amide bonds. The van der Waals surface area contributed by atoms with Crippen molar-refractivity contribution in [3.05, 3.63) is 59.1 Å². The number of carboxylic acids is 1. The van der Waals surface area contributed by atoms with Gasteiger partial charge >= 0.3 is 12.1 Å². The van der Waals surface area contributed by atoms with E-state index in [1.54, 1.807) is 12.2 Å². The minimum atomic E-state index is -4.70. The van der Waals surface area contributed by atoms with Crippen molar-refractivity contribution in [3.8, 4) is 0 Å². The van der Waals surface area contributed by atoms with Crippen molar-refractivity contribution >= 4 is 17.7 Å². The number of halogens is 4. The van der Waals surface area contributed by atoms with Crippen molar-refractivity contribution in [2.75, 3.05) is 18.8 Å². The van der Waals surface area contributed by atoms with Gasteiger partial charge in [0.05, 0.1) is 11.1 Å². The molecule has 2 fully saturated rings. The molecule has 0 aromatic heterocycles. The SMILES string of the molecule is CCCCCCCCCCN.O=C(O)C1=CC=CN(CC2CC3CCC2C3)C1SCCCc1ccc(C(F)(F)F)c(F)c1. The molecule has 43 heavy (non-hydrogen) atoms. The molecule has 4 atom stereocenters. The van der Waals surface area contributed by atoms with Crippen LogP contribution in [0.15, 0.2) is 42.1 Å². The summed E-state index contributed by atoms with van der Waals surface area (Å²) in [5.41, 5.74) is 4.99. The molecule has 1 aromatic rings. The summed E-state index contributed by atoms with van der Waals surface area (Å²) in [7, 11) is 0. The van der Waals surface area contributed by atoms with E-state index >= 15 is 0 Å². The average molecular weight is 627 g/mol. The number of aryl methyl sites for hydroxylation is 1. The monoisotopic (exact) mass is 626 g/mol. The van der Waals surface area contributed by atoms with E-state index in [-0.39, 0.29) is 5.37 Å². The normalized spacial score (nSPS) is 22.8. The molecule has 0 saturated heterocycles. The third-order valence-corrected chi connectivity index (χ3v) is 10.3. The highest BCUT2D eigenvalue weighted by Gasteiger charge is 2.41. The van der Waals surface area contributed by atoms with Crippen LogP contribution >= 0.6 is 11.8 Å². The van der Waals surface area contributed by atoms with E-state index in [1.807, 2.05) is 6.20 Å². The number of unbranched alkanes of at least 4 members (excludes halogenated alkanes) is 7. The quantitative estimate of drug-likeness (QED) is 0.141. The maximum Gasteiger partial charge on any atom is 0.419 e. The molecular weight excluding hydrogens is 576 g/mol. The van der Waals surface area contributed by atoms with Crippen LogP contribution in [0.1, 0.15) is 102 Å². The lowest BCUT2D eigenvalue weighted by molar-refractivity contribution is -0.140. The summed E-state index contributed by atoms with van der Waals surface area (Å²) < 4.78 is 51.9. The van der Waals surface area contributed by atoms with Gasteiger partial charge in [0.25, 0.3) is 0 Å². The van der Waals surface area contributed by atoms with Gasteiger partial charge in [-0.15, -0.1) is 11.8 Å². The third kappa shape index (κ3) is 11.5. The number of allylic oxidation sites excluding steroid dienone is 2. The lowest BCUT2D eigenvalue weighted by Crippen LogP contribution is -2.39. The molecule has 0 radical (unpaired) electrons. The number of hydrogen-bond acceptors (Lipinski definition) is 4. The Labute approximate surface area is 259 Å². The number of thioether (sulfide) groups is 1. The lowest BCUT2D eigenvalue weighted by Gasteiger charge is -2.36. The average Bonchev–Trinajstić information content (AvgIpc) is 3.59. The number of fused-ring (bicyclic) bond motifs is 2. The largest absolute Gasteiger partial charge is 0.478 e. The van der Waals surface area contributed by atoms with Crippen LogP contribution < -0.4 is 5.73 Å². The first kappa shape index (κ1) is 35.5. The smallest absolute Gasteiger partial charge is 0.419 e. The van der Waals surface area contributed by atoms with E-state index in [2.05, 4.69) is 11.8 Å². The van der Waals surface area contributed by atoms with Crippen molar-refractivity contribution in [2.24, 2.45) is 23.5 Å². The molecule has 4 unspecified atom stereocenters. The van der Waals surface area contributed by atoms with Crippen molar-refractivity contribution in [1.82, 2.24) is 4.90 Å². The number of hydrogen-bond donors (Lipinski definition) is 2. The minimum Gasteiger partial charge on any atom is -0.478 e. The van der Waals surface area contributed by atoms with E-state index < -0.39 is 23.5 Å². The number of rotatable bonds is 16. The van der Waals surface area contributed by atoms with E-state index in [0.717, 1.165) is 37.1 Å². The van der Waals surface area contributed by atoms with E-state index in [0.29, 0.717) is 35.6 Å². The Hall–Kier alpha value is -2.00. The molecule has 9 heteroatoms. The summed E-state index contributed by atoms with van der Waals surface area (Å²) in [6.45, 7) is 3.98. The summed E-state index contributed by atoms with van der Waals surface area (Å²) in [5, 5.41) is 9.38. The number of aliphatic carboxylic acids is 1. The lowest BCUT2D eigenvalue weighted by atomic mass is 9.88. The third-order valence-electron chi connectivity index (χ3n) is 8.98. The highest BCUT2D eigenvalue weighted by molar-refractivity contribution is 8.00. The molecule has 3 aliphatic rings. The van der Waals surface area contributed by atoms with Gasteiger partial charge in [0, 0.05) is 12.7 Å². The Morgan fingerprint density at radius 2 is 1.77 bits per heavy atom. The molecule has 4 rings (SSSR count). The van der Waals surface area contributed by atoms with Crippen molar-refractivity contribution < 1.29 is 27.5 Å². The predicted octanol–water partition coefficient (Wildman–Crippen LogP) is 9.20. The van der Waals surface area contributed by atoms with Crippen LogP contribution in [0.25, 0.3) is 0 Å². The first-order valence-electron chi connectivity index (χ1n) is 16.2. The summed E-state index contributed by atoms with van der Waals surface area (Å²) in [6, 6.07) is 3.04. The van der Waals surface area contributed by atoms with Gasteiger partial charge in [0.15, 0.2) is 0 Å². The van der Waals surface area contributed by atoms with Gasteiger partial charge in [-0.05, 0) is 98.4 Å². The van der Waals surface area contributed by atoms with Crippen molar-refractivity contribution in [1.29, 1.82) is 0 Å². The molecule has 3 N–H and O–H groups in total. The second-order valence-electron chi connectivity index (χ2n) is 12.3. The summed E-state index contributed by atoms with van der Waals surface area (Å²) in [4.78, 5) is 13.9. The molecule has 0 spiro atoms. The highest BCUT2D eigenvalue weighted by atomic mass is 32.2. The fourth-order valence-electron chi connectivity index (χ4n) is 6.68.